The summed E-state index contributed by atoms with van der Waals surface area (Å²) < 4.78 is 12.8. The molecule has 0 radical (unpaired) electrons. The molecule has 2 aromatic heterocycles. The normalized spacial score (nSPS) is 14.8. The van der Waals surface area contributed by atoms with Crippen molar-refractivity contribution in [2.24, 2.45) is 0 Å². The lowest BCUT2D eigenvalue weighted by atomic mass is 10.2. The molecule has 1 aliphatic carbocycles. The Morgan fingerprint density at radius 1 is 1.38 bits per heavy atom. The summed E-state index contributed by atoms with van der Waals surface area (Å²) in [7, 11) is 0. The van der Waals surface area contributed by atoms with Gasteiger partial charge in [0, 0.05) is 17.7 Å². The number of hydrogen-bond acceptors (Lipinski definition) is 6. The maximum atomic E-state index is 12.5. The third-order valence-electron chi connectivity index (χ3n) is 3.59. The molecule has 2 aromatic rings. The summed E-state index contributed by atoms with van der Waals surface area (Å²) in [6.45, 7) is 7.58. The van der Waals surface area contributed by atoms with E-state index in [-0.39, 0.29) is 12.4 Å². The van der Waals surface area contributed by atoms with Gasteiger partial charge in [0.15, 0.2) is 5.65 Å². The molecule has 0 N–H and O–H groups in total. The van der Waals surface area contributed by atoms with E-state index in [0.29, 0.717) is 18.2 Å². The molecule has 0 saturated heterocycles. The Kier molecular flexibility index (Phi) is 4.38. The van der Waals surface area contributed by atoms with E-state index in [4.69, 9.17) is 9.47 Å². The fourth-order valence-electron chi connectivity index (χ4n) is 2.42. The van der Waals surface area contributed by atoms with Crippen molar-refractivity contribution in [1.29, 1.82) is 0 Å². The van der Waals surface area contributed by atoms with Crippen LogP contribution in [-0.4, -0.2) is 33.8 Å². The van der Waals surface area contributed by atoms with Crippen molar-refractivity contribution in [3.8, 4) is 0 Å². The van der Waals surface area contributed by atoms with Crippen LogP contribution in [0.3, 0.4) is 0 Å². The van der Waals surface area contributed by atoms with Crippen LogP contribution in [0.1, 0.15) is 57.0 Å². The second kappa shape index (κ2) is 6.20. The topological polar surface area (TPSA) is 70.4 Å². The van der Waals surface area contributed by atoms with Gasteiger partial charge in [-0.2, -0.15) is 0 Å². The van der Waals surface area contributed by atoms with Crippen LogP contribution in [0.2, 0.25) is 0 Å². The van der Waals surface area contributed by atoms with Gasteiger partial charge in [0.05, 0.1) is 22.7 Å². The number of aromatic nitrogens is 2. The van der Waals surface area contributed by atoms with Crippen molar-refractivity contribution >= 4 is 33.7 Å². The van der Waals surface area contributed by atoms with Crippen LogP contribution >= 0.6 is 11.3 Å². The van der Waals surface area contributed by atoms with Crippen LogP contribution < -0.4 is 0 Å². The SMILES string of the molecule is CCOC(=O)Cc1cn(C(=O)OC(C)(C)C)c2nc(C3CC3)sc12. The summed E-state index contributed by atoms with van der Waals surface area (Å²) in [4.78, 5) is 29.0. The van der Waals surface area contributed by atoms with Gasteiger partial charge in [-0.05, 0) is 40.5 Å². The van der Waals surface area contributed by atoms with Gasteiger partial charge in [-0.25, -0.2) is 14.3 Å². The highest BCUT2D eigenvalue weighted by Crippen LogP contribution is 2.44. The highest BCUT2D eigenvalue weighted by atomic mass is 32.1. The van der Waals surface area contributed by atoms with E-state index in [1.165, 1.54) is 4.57 Å². The Morgan fingerprint density at radius 2 is 2.08 bits per heavy atom. The quantitative estimate of drug-likeness (QED) is 0.783. The van der Waals surface area contributed by atoms with Crippen molar-refractivity contribution in [2.75, 3.05) is 6.61 Å². The number of fused-ring (bicyclic) bond motifs is 1. The number of nitrogens with zero attached hydrogens (tertiary/aromatic N) is 2. The monoisotopic (exact) mass is 350 g/mol. The Hall–Kier alpha value is -1.89. The number of ether oxygens (including phenoxy) is 2. The highest BCUT2D eigenvalue weighted by molar-refractivity contribution is 7.18. The lowest BCUT2D eigenvalue weighted by molar-refractivity contribution is -0.142. The standard InChI is InChI=1S/C17H22N2O4S/c1-5-22-12(20)8-11-9-19(16(21)23-17(2,3)4)14-13(11)24-15(18-14)10-6-7-10/h9-10H,5-8H2,1-4H3. The van der Waals surface area contributed by atoms with E-state index < -0.39 is 11.7 Å². The number of esters is 1. The predicted molar refractivity (Wildman–Crippen MR) is 91.6 cm³/mol. The Bertz CT molecular complexity index is 780. The third kappa shape index (κ3) is 3.61. The molecule has 1 saturated carbocycles. The first-order valence-corrected chi connectivity index (χ1v) is 8.99. The van der Waals surface area contributed by atoms with Crippen LogP contribution in [0.15, 0.2) is 6.20 Å². The molecule has 0 unspecified atom stereocenters. The number of carbonyl (C=O) groups excluding carboxylic acids is 2. The van der Waals surface area contributed by atoms with E-state index in [9.17, 15) is 9.59 Å². The van der Waals surface area contributed by atoms with Gasteiger partial charge in [-0.15, -0.1) is 11.3 Å². The first kappa shape index (κ1) is 17.0. The number of hydrogen-bond donors (Lipinski definition) is 0. The minimum absolute atomic E-state index is 0.131. The molecule has 130 valence electrons. The molecule has 0 aliphatic heterocycles. The zero-order valence-corrected chi connectivity index (χ0v) is 15.2. The van der Waals surface area contributed by atoms with Gasteiger partial charge in [-0.3, -0.25) is 4.79 Å². The molecule has 1 aliphatic rings. The molecule has 0 atom stereocenters. The molecule has 2 heterocycles. The smallest absolute Gasteiger partial charge is 0.420 e. The van der Waals surface area contributed by atoms with Gasteiger partial charge in [-0.1, -0.05) is 0 Å². The summed E-state index contributed by atoms with van der Waals surface area (Å²) in [6, 6.07) is 0. The maximum absolute atomic E-state index is 12.5. The molecule has 0 bridgehead atoms. The average molecular weight is 350 g/mol. The number of thiazole rings is 1. The Labute approximate surface area is 144 Å². The highest BCUT2D eigenvalue weighted by Gasteiger charge is 2.30. The second-order valence-corrected chi connectivity index (χ2v) is 8.00. The predicted octanol–water partition coefficient (Wildman–Crippen LogP) is 3.86. The van der Waals surface area contributed by atoms with Crippen molar-refractivity contribution in [1.82, 2.24) is 9.55 Å². The van der Waals surface area contributed by atoms with E-state index in [1.54, 1.807) is 24.5 Å². The largest absolute Gasteiger partial charge is 0.466 e. The van der Waals surface area contributed by atoms with Crippen molar-refractivity contribution in [3.63, 3.8) is 0 Å². The number of carbonyl (C=O) groups is 2. The molecular formula is C17H22N2O4S. The summed E-state index contributed by atoms with van der Waals surface area (Å²) >= 11 is 1.56. The van der Waals surface area contributed by atoms with Crippen LogP contribution in [-0.2, 0) is 20.7 Å². The molecule has 6 nitrogen and oxygen atoms in total. The van der Waals surface area contributed by atoms with Gasteiger partial charge >= 0.3 is 12.1 Å². The van der Waals surface area contributed by atoms with Crippen LogP contribution in [0.4, 0.5) is 4.79 Å². The lowest BCUT2D eigenvalue weighted by Gasteiger charge is -2.19. The lowest BCUT2D eigenvalue weighted by Crippen LogP contribution is -2.26. The summed E-state index contributed by atoms with van der Waals surface area (Å²) in [6.07, 6.45) is 3.57. The van der Waals surface area contributed by atoms with Crippen LogP contribution in [0.5, 0.6) is 0 Å². The number of rotatable bonds is 4. The average Bonchev–Trinajstić information content (AvgIpc) is 3.12. The van der Waals surface area contributed by atoms with E-state index in [0.717, 1.165) is 28.1 Å². The summed E-state index contributed by atoms with van der Waals surface area (Å²) in [5.74, 6) is 0.187. The van der Waals surface area contributed by atoms with Gasteiger partial charge in [0.25, 0.3) is 0 Å². The molecule has 0 aromatic carbocycles. The van der Waals surface area contributed by atoms with Gasteiger partial charge in [0.1, 0.15) is 5.60 Å². The van der Waals surface area contributed by atoms with Crippen molar-refractivity contribution < 1.29 is 19.1 Å². The molecule has 24 heavy (non-hydrogen) atoms. The molecule has 3 rings (SSSR count). The zero-order chi connectivity index (χ0) is 17.5. The first-order chi connectivity index (χ1) is 11.3. The molecular weight excluding hydrogens is 328 g/mol. The van der Waals surface area contributed by atoms with Crippen molar-refractivity contribution in [3.05, 3.63) is 16.8 Å². The fourth-order valence-corrected chi connectivity index (χ4v) is 3.66. The Morgan fingerprint density at radius 3 is 2.67 bits per heavy atom. The van der Waals surface area contributed by atoms with Crippen molar-refractivity contribution in [2.45, 2.75) is 58.5 Å². The third-order valence-corrected chi connectivity index (χ3v) is 4.87. The van der Waals surface area contributed by atoms with Gasteiger partial charge in [0.2, 0.25) is 0 Å². The minimum Gasteiger partial charge on any atom is -0.466 e. The van der Waals surface area contributed by atoms with E-state index in [1.807, 2.05) is 20.8 Å². The molecule has 0 amide bonds. The van der Waals surface area contributed by atoms with E-state index >= 15 is 0 Å². The molecule has 1 fully saturated rings. The molecule has 0 spiro atoms. The van der Waals surface area contributed by atoms with Gasteiger partial charge < -0.3 is 9.47 Å². The minimum atomic E-state index is -0.593. The zero-order valence-electron chi connectivity index (χ0n) is 14.4. The second-order valence-electron chi connectivity index (χ2n) is 6.97. The van der Waals surface area contributed by atoms with Crippen LogP contribution in [0, 0.1) is 0 Å². The fraction of sp³-hybridized carbons (Fsp3) is 0.588. The summed E-state index contributed by atoms with van der Waals surface area (Å²) in [5, 5.41) is 1.03. The first-order valence-electron chi connectivity index (χ1n) is 8.18. The summed E-state index contributed by atoms with van der Waals surface area (Å²) in [5.41, 5.74) is 0.749. The maximum Gasteiger partial charge on any atom is 0.420 e. The van der Waals surface area contributed by atoms with Crippen LogP contribution in [0.25, 0.3) is 10.3 Å². The Balaban J connectivity index is 1.98. The van der Waals surface area contributed by atoms with E-state index in [2.05, 4.69) is 4.98 Å². The molecule has 7 heteroatoms.